The van der Waals surface area contributed by atoms with Crippen LogP contribution in [0.5, 0.6) is 0 Å². The lowest BCUT2D eigenvalue weighted by Gasteiger charge is -2.37. The Kier molecular flexibility index (Phi) is 5.70. The molecule has 0 amide bonds. The highest BCUT2D eigenvalue weighted by atomic mass is 35.5. The zero-order valence-corrected chi connectivity index (χ0v) is 13.2. The molecule has 0 saturated carbocycles. The second-order valence-electron chi connectivity index (χ2n) is 5.48. The van der Waals surface area contributed by atoms with Crippen molar-refractivity contribution in [3.05, 3.63) is 28.8 Å². The van der Waals surface area contributed by atoms with E-state index in [1.54, 1.807) is 0 Å². The standard InChI is InChI=1S/C16H25ClN2O/c1-3-13(18)9-12-5-6-15(10-16(12)17)19-7-8-20-11-14(19)4-2/h5-6,10,13-14H,3-4,7-9,11,18H2,1-2H3. The van der Waals surface area contributed by atoms with E-state index in [1.165, 1.54) is 5.69 Å². The summed E-state index contributed by atoms with van der Waals surface area (Å²) in [6.07, 6.45) is 2.90. The molecule has 2 N–H and O–H groups in total. The third-order valence-corrected chi connectivity index (χ3v) is 4.43. The number of morpholine rings is 1. The zero-order chi connectivity index (χ0) is 14.5. The quantitative estimate of drug-likeness (QED) is 0.906. The molecule has 1 saturated heterocycles. The van der Waals surface area contributed by atoms with Gasteiger partial charge in [-0.3, -0.25) is 0 Å². The van der Waals surface area contributed by atoms with Crippen molar-refractivity contribution >= 4 is 17.3 Å². The van der Waals surface area contributed by atoms with Crippen molar-refractivity contribution in [3.8, 4) is 0 Å². The molecule has 0 bridgehead atoms. The molecule has 0 aromatic heterocycles. The van der Waals surface area contributed by atoms with Crippen LogP contribution in [0, 0.1) is 0 Å². The largest absolute Gasteiger partial charge is 0.377 e. The van der Waals surface area contributed by atoms with Gasteiger partial charge in [0.25, 0.3) is 0 Å². The van der Waals surface area contributed by atoms with Gasteiger partial charge < -0.3 is 15.4 Å². The van der Waals surface area contributed by atoms with Crippen LogP contribution < -0.4 is 10.6 Å². The topological polar surface area (TPSA) is 38.5 Å². The van der Waals surface area contributed by atoms with Gasteiger partial charge in [-0.05, 0) is 37.0 Å². The van der Waals surface area contributed by atoms with E-state index in [0.29, 0.717) is 6.04 Å². The lowest BCUT2D eigenvalue weighted by molar-refractivity contribution is 0.0930. The minimum Gasteiger partial charge on any atom is -0.377 e. The van der Waals surface area contributed by atoms with Gasteiger partial charge in [-0.25, -0.2) is 0 Å². The number of nitrogens with zero attached hydrogens (tertiary/aromatic N) is 1. The lowest BCUT2D eigenvalue weighted by Crippen LogP contribution is -2.45. The van der Waals surface area contributed by atoms with Gasteiger partial charge in [0, 0.05) is 23.3 Å². The van der Waals surface area contributed by atoms with Crippen molar-refractivity contribution < 1.29 is 4.74 Å². The fourth-order valence-electron chi connectivity index (χ4n) is 2.64. The van der Waals surface area contributed by atoms with E-state index in [2.05, 4.69) is 36.9 Å². The fraction of sp³-hybridized carbons (Fsp3) is 0.625. The highest BCUT2D eigenvalue weighted by molar-refractivity contribution is 6.31. The molecule has 3 nitrogen and oxygen atoms in total. The van der Waals surface area contributed by atoms with E-state index < -0.39 is 0 Å². The zero-order valence-electron chi connectivity index (χ0n) is 12.4. The highest BCUT2D eigenvalue weighted by Gasteiger charge is 2.22. The number of hydrogen-bond donors (Lipinski definition) is 1. The van der Waals surface area contributed by atoms with Crippen LogP contribution in [0.3, 0.4) is 0 Å². The molecule has 1 aromatic rings. The lowest BCUT2D eigenvalue weighted by atomic mass is 10.0. The van der Waals surface area contributed by atoms with Crippen molar-refractivity contribution in [2.75, 3.05) is 24.7 Å². The normalized spacial score (nSPS) is 21.0. The summed E-state index contributed by atoms with van der Waals surface area (Å²) in [4.78, 5) is 2.40. The van der Waals surface area contributed by atoms with Gasteiger partial charge in [0.2, 0.25) is 0 Å². The molecule has 20 heavy (non-hydrogen) atoms. The molecule has 2 rings (SSSR count). The average molecular weight is 297 g/mol. The van der Waals surface area contributed by atoms with Crippen LogP contribution in [0.4, 0.5) is 5.69 Å². The van der Waals surface area contributed by atoms with Crippen molar-refractivity contribution in [1.29, 1.82) is 0 Å². The maximum Gasteiger partial charge on any atom is 0.0670 e. The van der Waals surface area contributed by atoms with Gasteiger partial charge in [0.15, 0.2) is 0 Å². The Morgan fingerprint density at radius 3 is 2.90 bits per heavy atom. The van der Waals surface area contributed by atoms with Gasteiger partial charge in [0.1, 0.15) is 0 Å². The second kappa shape index (κ2) is 7.30. The third kappa shape index (κ3) is 3.66. The first-order chi connectivity index (χ1) is 9.65. The molecular formula is C16H25ClN2O. The number of hydrogen-bond acceptors (Lipinski definition) is 3. The maximum atomic E-state index is 6.43. The number of nitrogens with two attached hydrogens (primary N) is 1. The Balaban J connectivity index is 2.15. The Morgan fingerprint density at radius 2 is 2.25 bits per heavy atom. The van der Waals surface area contributed by atoms with Crippen molar-refractivity contribution in [2.45, 2.75) is 45.2 Å². The summed E-state index contributed by atoms with van der Waals surface area (Å²) in [5, 5.41) is 0.827. The van der Waals surface area contributed by atoms with Gasteiger partial charge in [-0.15, -0.1) is 0 Å². The number of ether oxygens (including phenoxy) is 1. The van der Waals surface area contributed by atoms with Crippen molar-refractivity contribution in [2.24, 2.45) is 5.73 Å². The summed E-state index contributed by atoms with van der Waals surface area (Å²) in [6.45, 7) is 6.82. The van der Waals surface area contributed by atoms with Crippen molar-refractivity contribution in [3.63, 3.8) is 0 Å². The highest BCUT2D eigenvalue weighted by Crippen LogP contribution is 2.27. The van der Waals surface area contributed by atoms with E-state index in [4.69, 9.17) is 22.1 Å². The first kappa shape index (κ1) is 15.6. The van der Waals surface area contributed by atoms with Gasteiger partial charge >= 0.3 is 0 Å². The van der Waals surface area contributed by atoms with Crippen LogP contribution in [-0.4, -0.2) is 31.8 Å². The molecule has 0 spiro atoms. The molecule has 1 aliphatic rings. The predicted octanol–water partition coefficient (Wildman–Crippen LogP) is 3.24. The smallest absolute Gasteiger partial charge is 0.0670 e. The Bertz CT molecular complexity index is 438. The first-order valence-corrected chi connectivity index (χ1v) is 7.91. The van der Waals surface area contributed by atoms with Crippen molar-refractivity contribution in [1.82, 2.24) is 0 Å². The van der Waals surface area contributed by atoms with Crippen LogP contribution in [0.15, 0.2) is 18.2 Å². The van der Waals surface area contributed by atoms with E-state index >= 15 is 0 Å². The predicted molar refractivity (Wildman–Crippen MR) is 85.7 cm³/mol. The maximum absolute atomic E-state index is 6.43. The Labute approximate surface area is 127 Å². The van der Waals surface area contributed by atoms with E-state index in [-0.39, 0.29) is 6.04 Å². The molecule has 0 aliphatic carbocycles. The monoisotopic (exact) mass is 296 g/mol. The van der Waals surface area contributed by atoms with Crippen LogP contribution in [0.2, 0.25) is 5.02 Å². The number of rotatable bonds is 5. The Hall–Kier alpha value is -0.770. The molecule has 4 heteroatoms. The molecule has 1 aliphatic heterocycles. The fourth-order valence-corrected chi connectivity index (χ4v) is 2.89. The minimum atomic E-state index is 0.185. The van der Waals surface area contributed by atoms with Gasteiger partial charge in [-0.1, -0.05) is 31.5 Å². The summed E-state index contributed by atoms with van der Waals surface area (Å²) in [5.41, 5.74) is 8.35. The third-order valence-electron chi connectivity index (χ3n) is 4.07. The van der Waals surface area contributed by atoms with Crippen LogP contribution in [-0.2, 0) is 11.2 Å². The van der Waals surface area contributed by atoms with E-state index in [1.807, 2.05) is 0 Å². The summed E-state index contributed by atoms with van der Waals surface area (Å²) in [5.74, 6) is 0. The molecule has 0 radical (unpaired) electrons. The average Bonchev–Trinajstić information content (AvgIpc) is 2.49. The van der Waals surface area contributed by atoms with Gasteiger partial charge in [-0.2, -0.15) is 0 Å². The second-order valence-corrected chi connectivity index (χ2v) is 5.89. The van der Waals surface area contributed by atoms with Gasteiger partial charge in [0.05, 0.1) is 19.3 Å². The Morgan fingerprint density at radius 1 is 1.45 bits per heavy atom. The summed E-state index contributed by atoms with van der Waals surface area (Å²) in [7, 11) is 0. The molecule has 1 heterocycles. The minimum absolute atomic E-state index is 0.185. The SMILES string of the molecule is CCC(N)Cc1ccc(N2CCOCC2CC)cc1Cl. The van der Waals surface area contributed by atoms with Crippen LogP contribution in [0.25, 0.3) is 0 Å². The molecular weight excluding hydrogens is 272 g/mol. The molecule has 2 atom stereocenters. The number of benzene rings is 1. The summed E-state index contributed by atoms with van der Waals surface area (Å²) in [6, 6.07) is 6.99. The number of halogens is 1. The van der Waals surface area contributed by atoms with E-state index in [9.17, 15) is 0 Å². The van der Waals surface area contributed by atoms with Crippen LogP contribution >= 0.6 is 11.6 Å². The molecule has 2 unspecified atom stereocenters. The van der Waals surface area contributed by atoms with Crippen LogP contribution in [0.1, 0.15) is 32.3 Å². The summed E-state index contributed by atoms with van der Waals surface area (Å²) < 4.78 is 5.55. The van der Waals surface area contributed by atoms with E-state index in [0.717, 1.165) is 49.6 Å². The molecule has 1 aromatic carbocycles. The number of anilines is 1. The summed E-state index contributed by atoms with van der Waals surface area (Å²) >= 11 is 6.43. The first-order valence-electron chi connectivity index (χ1n) is 7.54. The molecule has 112 valence electrons. The molecule has 1 fully saturated rings.